The van der Waals surface area contributed by atoms with Crippen molar-refractivity contribution in [3.63, 3.8) is 0 Å². The predicted molar refractivity (Wildman–Crippen MR) is 42.8 cm³/mol. The second-order valence-corrected chi connectivity index (χ2v) is 2.88. The summed E-state index contributed by atoms with van der Waals surface area (Å²) in [5.74, 6) is 0.444. The van der Waals surface area contributed by atoms with Gasteiger partial charge >= 0.3 is 0 Å². The Labute approximate surface area is 62.8 Å². The number of hydrogen-bond donors (Lipinski definition) is 2. The van der Waals surface area contributed by atoms with Gasteiger partial charge < -0.3 is 15.7 Å². The van der Waals surface area contributed by atoms with Crippen LogP contribution in [0.1, 0.15) is 6.42 Å². The summed E-state index contributed by atoms with van der Waals surface area (Å²) in [7, 11) is 4.03. The molecule has 0 saturated heterocycles. The third-order valence-electron chi connectivity index (χ3n) is 1.49. The maximum Gasteiger partial charge on any atom is 0.0434 e. The quantitative estimate of drug-likeness (QED) is 0.550. The van der Waals surface area contributed by atoms with E-state index in [9.17, 15) is 0 Å². The third-order valence-corrected chi connectivity index (χ3v) is 1.49. The number of nitrogens with two attached hydrogens (primary N) is 1. The molecule has 0 aromatic rings. The van der Waals surface area contributed by atoms with Crippen LogP contribution in [0.5, 0.6) is 0 Å². The van der Waals surface area contributed by atoms with Crippen molar-refractivity contribution in [1.29, 1.82) is 0 Å². The summed E-state index contributed by atoms with van der Waals surface area (Å²) in [4.78, 5) is 2.09. The molecule has 0 fully saturated rings. The summed E-state index contributed by atoms with van der Waals surface area (Å²) in [6, 6.07) is 0. The largest absolute Gasteiger partial charge is 0.396 e. The predicted octanol–water partition coefficient (Wildman–Crippen LogP) is -0.495. The molecule has 0 saturated carbocycles. The van der Waals surface area contributed by atoms with Gasteiger partial charge in [0.05, 0.1) is 0 Å². The van der Waals surface area contributed by atoms with Gasteiger partial charge in [-0.1, -0.05) is 0 Å². The summed E-state index contributed by atoms with van der Waals surface area (Å²) in [5.41, 5.74) is 5.47. The maximum atomic E-state index is 8.61. The van der Waals surface area contributed by atoms with Gasteiger partial charge in [-0.2, -0.15) is 0 Å². The Morgan fingerprint density at radius 2 is 2.10 bits per heavy atom. The monoisotopic (exact) mass is 146 g/mol. The molecule has 3 N–H and O–H groups in total. The summed E-state index contributed by atoms with van der Waals surface area (Å²) in [5, 5.41) is 8.61. The second-order valence-electron chi connectivity index (χ2n) is 2.88. The fourth-order valence-corrected chi connectivity index (χ4v) is 0.983. The minimum absolute atomic E-state index is 0.246. The van der Waals surface area contributed by atoms with Crippen molar-refractivity contribution in [1.82, 2.24) is 4.90 Å². The molecule has 1 atom stereocenters. The van der Waals surface area contributed by atoms with E-state index >= 15 is 0 Å². The van der Waals surface area contributed by atoms with Crippen LogP contribution in [0.25, 0.3) is 0 Å². The lowest BCUT2D eigenvalue weighted by molar-refractivity contribution is 0.233. The molecule has 0 spiro atoms. The second kappa shape index (κ2) is 5.65. The smallest absolute Gasteiger partial charge is 0.0434 e. The molecule has 62 valence electrons. The lowest BCUT2D eigenvalue weighted by Gasteiger charge is -2.17. The van der Waals surface area contributed by atoms with Crippen molar-refractivity contribution < 1.29 is 5.11 Å². The summed E-state index contributed by atoms with van der Waals surface area (Å²) in [6.45, 7) is 1.88. The molecule has 0 aliphatic rings. The van der Waals surface area contributed by atoms with E-state index in [1.54, 1.807) is 0 Å². The zero-order chi connectivity index (χ0) is 7.98. The van der Waals surface area contributed by atoms with Crippen molar-refractivity contribution in [2.24, 2.45) is 11.7 Å². The van der Waals surface area contributed by atoms with E-state index in [1.807, 2.05) is 14.1 Å². The van der Waals surface area contributed by atoms with Gasteiger partial charge in [0, 0.05) is 13.2 Å². The Balaban J connectivity index is 3.39. The summed E-state index contributed by atoms with van der Waals surface area (Å²) in [6.07, 6.45) is 0.814. The van der Waals surface area contributed by atoms with Gasteiger partial charge in [0.2, 0.25) is 0 Å². The fourth-order valence-electron chi connectivity index (χ4n) is 0.983. The van der Waals surface area contributed by atoms with Crippen molar-refractivity contribution >= 4 is 0 Å². The van der Waals surface area contributed by atoms with Crippen molar-refractivity contribution in [3.8, 4) is 0 Å². The molecule has 0 aliphatic heterocycles. The Kier molecular flexibility index (Phi) is 5.58. The number of aliphatic hydroxyl groups is 1. The molecule has 3 nitrogen and oxygen atoms in total. The van der Waals surface area contributed by atoms with Crippen molar-refractivity contribution in [3.05, 3.63) is 0 Å². The van der Waals surface area contributed by atoms with E-state index in [0.717, 1.165) is 13.0 Å². The average Bonchev–Trinajstić information content (AvgIpc) is 1.86. The Morgan fingerprint density at radius 3 is 2.40 bits per heavy atom. The first kappa shape index (κ1) is 9.88. The minimum atomic E-state index is 0.246. The molecular weight excluding hydrogens is 128 g/mol. The van der Waals surface area contributed by atoms with Gasteiger partial charge in [-0.3, -0.25) is 0 Å². The molecule has 0 heterocycles. The molecule has 0 radical (unpaired) electrons. The highest BCUT2D eigenvalue weighted by Crippen LogP contribution is 2.00. The third kappa shape index (κ3) is 4.73. The van der Waals surface area contributed by atoms with Crippen molar-refractivity contribution in [2.75, 3.05) is 33.8 Å². The van der Waals surface area contributed by atoms with Crippen LogP contribution in [-0.2, 0) is 0 Å². The first-order valence-corrected chi connectivity index (χ1v) is 3.66. The summed E-state index contributed by atoms with van der Waals surface area (Å²) >= 11 is 0. The molecule has 0 aromatic carbocycles. The topological polar surface area (TPSA) is 49.5 Å². The van der Waals surface area contributed by atoms with Gasteiger partial charge in [0.15, 0.2) is 0 Å². The van der Waals surface area contributed by atoms with Crippen LogP contribution >= 0.6 is 0 Å². The molecule has 0 rings (SSSR count). The molecule has 0 bridgehead atoms. The van der Waals surface area contributed by atoms with Crippen LogP contribution < -0.4 is 5.73 Å². The molecule has 0 amide bonds. The normalized spacial score (nSPS) is 14.1. The van der Waals surface area contributed by atoms with Gasteiger partial charge in [-0.15, -0.1) is 0 Å². The van der Waals surface area contributed by atoms with E-state index in [1.165, 1.54) is 0 Å². The molecular formula is C7H18N2O. The Bertz CT molecular complexity index is 76.0. The van der Waals surface area contributed by atoms with Crippen LogP contribution in [0.15, 0.2) is 0 Å². The van der Waals surface area contributed by atoms with Gasteiger partial charge in [-0.25, -0.2) is 0 Å². The fraction of sp³-hybridized carbons (Fsp3) is 1.00. The maximum absolute atomic E-state index is 8.61. The Hall–Kier alpha value is -0.120. The van der Waals surface area contributed by atoms with Gasteiger partial charge in [-0.05, 0) is 33.0 Å². The molecule has 10 heavy (non-hydrogen) atoms. The number of hydrogen-bond acceptors (Lipinski definition) is 3. The standard InChI is InChI=1S/C7H18N2O/c1-9(2)6-7(5-8)3-4-10/h7,10H,3-6,8H2,1-2H3. The van der Waals surface area contributed by atoms with E-state index in [2.05, 4.69) is 4.90 Å². The highest BCUT2D eigenvalue weighted by atomic mass is 16.3. The van der Waals surface area contributed by atoms with Crippen LogP contribution in [0.3, 0.4) is 0 Å². The van der Waals surface area contributed by atoms with E-state index in [4.69, 9.17) is 10.8 Å². The van der Waals surface area contributed by atoms with Gasteiger partial charge in [0.25, 0.3) is 0 Å². The molecule has 1 unspecified atom stereocenters. The summed E-state index contributed by atoms with van der Waals surface area (Å²) < 4.78 is 0. The Morgan fingerprint density at radius 1 is 1.50 bits per heavy atom. The zero-order valence-electron chi connectivity index (χ0n) is 6.88. The molecule has 0 aliphatic carbocycles. The first-order chi connectivity index (χ1) is 4.70. The number of nitrogens with zero attached hydrogens (tertiary/aromatic N) is 1. The highest BCUT2D eigenvalue weighted by molar-refractivity contribution is 4.61. The number of aliphatic hydroxyl groups excluding tert-OH is 1. The van der Waals surface area contributed by atoms with E-state index in [-0.39, 0.29) is 6.61 Å². The van der Waals surface area contributed by atoms with Crippen LogP contribution in [-0.4, -0.2) is 43.8 Å². The van der Waals surface area contributed by atoms with Crippen molar-refractivity contribution in [2.45, 2.75) is 6.42 Å². The van der Waals surface area contributed by atoms with E-state index in [0.29, 0.717) is 12.5 Å². The average molecular weight is 146 g/mol. The van der Waals surface area contributed by atoms with Crippen LogP contribution in [0.2, 0.25) is 0 Å². The minimum Gasteiger partial charge on any atom is -0.396 e. The van der Waals surface area contributed by atoms with Crippen LogP contribution in [0, 0.1) is 5.92 Å². The molecule has 3 heteroatoms. The van der Waals surface area contributed by atoms with Gasteiger partial charge in [0.1, 0.15) is 0 Å². The van der Waals surface area contributed by atoms with Crippen LogP contribution in [0.4, 0.5) is 0 Å². The first-order valence-electron chi connectivity index (χ1n) is 3.66. The highest BCUT2D eigenvalue weighted by Gasteiger charge is 2.05. The lowest BCUT2D eigenvalue weighted by atomic mass is 10.1. The number of rotatable bonds is 5. The SMILES string of the molecule is CN(C)CC(CN)CCO. The lowest BCUT2D eigenvalue weighted by Crippen LogP contribution is -2.28. The van der Waals surface area contributed by atoms with E-state index < -0.39 is 0 Å². The zero-order valence-corrected chi connectivity index (χ0v) is 6.88. The molecule has 0 aromatic heterocycles.